The van der Waals surface area contributed by atoms with Crippen LogP contribution in [0.5, 0.6) is 0 Å². The number of nitrogens with one attached hydrogen (secondary N) is 1. The minimum Gasteiger partial charge on any atom is -0.469 e. The summed E-state index contributed by atoms with van der Waals surface area (Å²) in [5.41, 5.74) is 4.56. The molecule has 27 heavy (non-hydrogen) atoms. The van der Waals surface area contributed by atoms with Crippen LogP contribution < -0.4 is 4.72 Å². The SMILES string of the molecule is COC(=O)CCCc1ccc2c(c1)CC(NS(=O)(=O)c1ccc(C)cc1)C2. The Kier molecular flexibility index (Phi) is 5.97. The highest BCUT2D eigenvalue weighted by Gasteiger charge is 2.26. The number of rotatable bonds is 7. The van der Waals surface area contributed by atoms with Crippen molar-refractivity contribution in [3.63, 3.8) is 0 Å². The Bertz CT molecular complexity index is 920. The number of aryl methyl sites for hydroxylation is 2. The summed E-state index contributed by atoms with van der Waals surface area (Å²) in [7, 11) is -2.12. The van der Waals surface area contributed by atoms with E-state index in [9.17, 15) is 13.2 Å². The van der Waals surface area contributed by atoms with Crippen molar-refractivity contribution in [1.82, 2.24) is 4.72 Å². The maximum atomic E-state index is 12.6. The van der Waals surface area contributed by atoms with Gasteiger partial charge in [-0.25, -0.2) is 13.1 Å². The molecule has 1 aliphatic carbocycles. The molecule has 3 rings (SSSR count). The van der Waals surface area contributed by atoms with Gasteiger partial charge in [0.15, 0.2) is 0 Å². The summed E-state index contributed by atoms with van der Waals surface area (Å²) in [5.74, 6) is -0.193. The molecule has 1 atom stereocenters. The van der Waals surface area contributed by atoms with Crippen LogP contribution in [0.2, 0.25) is 0 Å². The first-order chi connectivity index (χ1) is 12.9. The molecule has 0 saturated carbocycles. The molecule has 0 aliphatic heterocycles. The Labute approximate surface area is 160 Å². The van der Waals surface area contributed by atoms with E-state index in [0.29, 0.717) is 24.2 Å². The van der Waals surface area contributed by atoms with Gasteiger partial charge in [0.05, 0.1) is 12.0 Å². The van der Waals surface area contributed by atoms with E-state index in [2.05, 4.69) is 27.7 Å². The van der Waals surface area contributed by atoms with Crippen LogP contribution in [0.15, 0.2) is 47.4 Å². The first kappa shape index (κ1) is 19.6. The average molecular weight is 388 g/mol. The van der Waals surface area contributed by atoms with Crippen molar-refractivity contribution in [3.8, 4) is 0 Å². The van der Waals surface area contributed by atoms with Crippen molar-refractivity contribution in [2.45, 2.75) is 50.0 Å². The normalized spacial score (nSPS) is 16.1. The summed E-state index contributed by atoms with van der Waals surface area (Å²) >= 11 is 0. The van der Waals surface area contributed by atoms with Gasteiger partial charge in [0.1, 0.15) is 0 Å². The molecule has 0 aromatic heterocycles. The molecular weight excluding hydrogens is 362 g/mol. The van der Waals surface area contributed by atoms with E-state index in [1.165, 1.54) is 23.8 Å². The monoisotopic (exact) mass is 387 g/mol. The van der Waals surface area contributed by atoms with Gasteiger partial charge in [-0.1, -0.05) is 35.9 Å². The number of hydrogen-bond donors (Lipinski definition) is 1. The van der Waals surface area contributed by atoms with Crippen molar-refractivity contribution in [3.05, 3.63) is 64.7 Å². The third-order valence-electron chi connectivity index (χ3n) is 4.93. The molecule has 0 radical (unpaired) electrons. The zero-order valence-corrected chi connectivity index (χ0v) is 16.5. The molecule has 5 nitrogen and oxygen atoms in total. The van der Waals surface area contributed by atoms with Crippen molar-refractivity contribution in [2.75, 3.05) is 7.11 Å². The maximum Gasteiger partial charge on any atom is 0.305 e. The second-order valence-corrected chi connectivity index (χ2v) is 8.79. The van der Waals surface area contributed by atoms with E-state index in [-0.39, 0.29) is 12.0 Å². The van der Waals surface area contributed by atoms with Crippen LogP contribution in [0, 0.1) is 6.92 Å². The van der Waals surface area contributed by atoms with Gasteiger partial charge in [-0.2, -0.15) is 0 Å². The molecule has 0 fully saturated rings. The lowest BCUT2D eigenvalue weighted by atomic mass is 10.0. The third-order valence-corrected chi connectivity index (χ3v) is 6.47. The molecule has 2 aromatic carbocycles. The van der Waals surface area contributed by atoms with Gasteiger partial charge in [0, 0.05) is 12.5 Å². The van der Waals surface area contributed by atoms with Crippen LogP contribution in [-0.2, 0) is 38.8 Å². The molecule has 0 heterocycles. The summed E-state index contributed by atoms with van der Waals surface area (Å²) < 4.78 is 32.7. The van der Waals surface area contributed by atoms with Crippen molar-refractivity contribution in [2.24, 2.45) is 0 Å². The smallest absolute Gasteiger partial charge is 0.305 e. The summed E-state index contributed by atoms with van der Waals surface area (Å²) in [6.07, 6.45) is 3.35. The van der Waals surface area contributed by atoms with E-state index in [1.807, 2.05) is 6.92 Å². The molecule has 0 bridgehead atoms. The van der Waals surface area contributed by atoms with Crippen molar-refractivity contribution >= 4 is 16.0 Å². The third kappa shape index (κ3) is 4.96. The van der Waals surface area contributed by atoms with Crippen LogP contribution in [-0.4, -0.2) is 27.5 Å². The number of benzene rings is 2. The van der Waals surface area contributed by atoms with E-state index in [0.717, 1.165) is 18.4 Å². The number of hydrogen-bond acceptors (Lipinski definition) is 4. The van der Waals surface area contributed by atoms with Gasteiger partial charge in [0.2, 0.25) is 10.0 Å². The number of methoxy groups -OCH3 is 1. The highest BCUT2D eigenvalue weighted by atomic mass is 32.2. The van der Waals surface area contributed by atoms with Crippen LogP contribution >= 0.6 is 0 Å². The maximum absolute atomic E-state index is 12.6. The van der Waals surface area contributed by atoms with Gasteiger partial charge in [-0.3, -0.25) is 4.79 Å². The quantitative estimate of drug-likeness (QED) is 0.742. The zero-order chi connectivity index (χ0) is 19.4. The number of esters is 1. The minimum atomic E-state index is -3.52. The second kappa shape index (κ2) is 8.23. The predicted molar refractivity (Wildman–Crippen MR) is 104 cm³/mol. The fourth-order valence-corrected chi connectivity index (χ4v) is 4.69. The number of fused-ring (bicyclic) bond motifs is 1. The Balaban J connectivity index is 1.62. The first-order valence-corrected chi connectivity index (χ1v) is 10.6. The molecule has 2 aromatic rings. The molecule has 1 aliphatic rings. The summed E-state index contributed by atoms with van der Waals surface area (Å²) in [5, 5.41) is 0. The second-order valence-electron chi connectivity index (χ2n) is 7.07. The average Bonchev–Trinajstić information content (AvgIpc) is 3.02. The summed E-state index contributed by atoms with van der Waals surface area (Å²) in [4.78, 5) is 11.5. The van der Waals surface area contributed by atoms with Gasteiger partial charge in [0.25, 0.3) is 0 Å². The zero-order valence-electron chi connectivity index (χ0n) is 15.7. The highest BCUT2D eigenvalue weighted by molar-refractivity contribution is 7.89. The standard InChI is InChI=1S/C21H25NO4S/c1-15-6-10-20(11-7-15)27(24,25)22-19-13-17-9-8-16(12-18(17)14-19)4-3-5-21(23)26-2/h6-12,19,22H,3-5,13-14H2,1-2H3. The van der Waals surface area contributed by atoms with E-state index < -0.39 is 10.0 Å². The van der Waals surface area contributed by atoms with Gasteiger partial charge in [-0.15, -0.1) is 0 Å². The van der Waals surface area contributed by atoms with Crippen LogP contribution in [0.4, 0.5) is 0 Å². The summed E-state index contributed by atoms with van der Waals surface area (Å²) in [6.45, 7) is 1.93. The number of carbonyl (C=O) groups is 1. The van der Waals surface area contributed by atoms with E-state index >= 15 is 0 Å². The fraction of sp³-hybridized carbons (Fsp3) is 0.381. The van der Waals surface area contributed by atoms with Gasteiger partial charge >= 0.3 is 5.97 Å². The molecule has 6 heteroatoms. The van der Waals surface area contributed by atoms with Crippen molar-refractivity contribution < 1.29 is 17.9 Å². The van der Waals surface area contributed by atoms with Gasteiger partial charge in [-0.05, 0) is 61.4 Å². The number of carbonyl (C=O) groups excluding carboxylic acids is 1. The van der Waals surface area contributed by atoms with E-state index in [4.69, 9.17) is 0 Å². The lowest BCUT2D eigenvalue weighted by Gasteiger charge is -2.12. The van der Waals surface area contributed by atoms with E-state index in [1.54, 1.807) is 24.3 Å². The Morgan fingerprint density at radius 3 is 2.52 bits per heavy atom. The van der Waals surface area contributed by atoms with Crippen LogP contribution in [0.25, 0.3) is 0 Å². The molecule has 1 N–H and O–H groups in total. The molecule has 0 spiro atoms. The molecule has 0 amide bonds. The fourth-order valence-electron chi connectivity index (χ4n) is 3.45. The Morgan fingerprint density at radius 1 is 1.11 bits per heavy atom. The number of sulfonamides is 1. The van der Waals surface area contributed by atoms with Crippen molar-refractivity contribution in [1.29, 1.82) is 0 Å². The number of ether oxygens (including phenoxy) is 1. The minimum absolute atomic E-state index is 0.128. The topological polar surface area (TPSA) is 72.5 Å². The lowest BCUT2D eigenvalue weighted by molar-refractivity contribution is -0.140. The molecule has 144 valence electrons. The molecule has 1 unspecified atom stereocenters. The van der Waals surface area contributed by atoms with Gasteiger partial charge < -0.3 is 4.74 Å². The largest absolute Gasteiger partial charge is 0.469 e. The lowest BCUT2D eigenvalue weighted by Crippen LogP contribution is -2.35. The summed E-state index contributed by atoms with van der Waals surface area (Å²) in [6, 6.07) is 13.0. The van der Waals surface area contributed by atoms with Crippen LogP contribution in [0.1, 0.15) is 35.1 Å². The van der Waals surface area contributed by atoms with Crippen LogP contribution in [0.3, 0.4) is 0 Å². The Hall–Kier alpha value is -2.18. The molecular formula is C21H25NO4S. The Morgan fingerprint density at radius 2 is 1.81 bits per heavy atom. The predicted octanol–water partition coefficient (Wildman–Crippen LogP) is 2.94. The molecule has 0 saturated heterocycles. The first-order valence-electron chi connectivity index (χ1n) is 9.14. The highest BCUT2D eigenvalue weighted by Crippen LogP contribution is 2.25.